The molecule has 2 aromatic heterocycles. The molecule has 0 fully saturated rings. The van der Waals surface area contributed by atoms with E-state index in [2.05, 4.69) is 43.1 Å². The molecule has 0 amide bonds. The summed E-state index contributed by atoms with van der Waals surface area (Å²) in [6, 6.07) is 14.4. The van der Waals surface area contributed by atoms with Gasteiger partial charge in [-0.15, -0.1) is 16.9 Å². The molecule has 4 rings (SSSR count). The van der Waals surface area contributed by atoms with E-state index in [1.54, 1.807) is 22.7 Å². The minimum atomic E-state index is 0. The summed E-state index contributed by atoms with van der Waals surface area (Å²) >= 11 is 3.33. The van der Waals surface area contributed by atoms with Gasteiger partial charge >= 0.3 is 103 Å². The molecule has 22 heavy (non-hydrogen) atoms. The van der Waals surface area contributed by atoms with Crippen LogP contribution in [-0.2, 0) is 0 Å². The van der Waals surface area contributed by atoms with Crippen LogP contribution >= 0.6 is 22.7 Å². The van der Waals surface area contributed by atoms with Gasteiger partial charge < -0.3 is 4.98 Å². The first-order chi connectivity index (χ1) is 9.70. The van der Waals surface area contributed by atoms with Crippen LogP contribution in [0.2, 0.25) is 0 Å². The Kier molecular flexibility index (Phi) is 7.43. The van der Waals surface area contributed by atoms with Crippen LogP contribution < -0.4 is 103 Å². The molecule has 2 aromatic carbocycles. The smallest absolute Gasteiger partial charge is 0.327 e. The first-order valence-electron chi connectivity index (χ1n) is 6.28. The van der Waals surface area contributed by atoms with Gasteiger partial charge in [-0.25, -0.2) is 16.3 Å². The van der Waals surface area contributed by atoms with E-state index in [0.717, 1.165) is 25.7 Å². The van der Waals surface area contributed by atoms with E-state index in [4.69, 9.17) is 4.98 Å². The fourth-order valence-electron chi connectivity index (χ4n) is 2.31. The number of hydrogen-bond acceptors (Lipinski definition) is 4. The average molecular weight is 373 g/mol. The van der Waals surface area contributed by atoms with Crippen LogP contribution in [0.25, 0.3) is 30.4 Å². The zero-order chi connectivity index (χ0) is 13.7. The molecule has 0 spiro atoms. The Morgan fingerprint density at radius 3 is 2.41 bits per heavy atom. The summed E-state index contributed by atoms with van der Waals surface area (Å²) in [7, 11) is 0. The Bertz CT molecular complexity index is 911. The number of nitrogens with zero attached hydrogens (tertiary/aromatic N) is 2. The molecule has 0 aliphatic rings. The molecule has 2 heterocycles. The standard InChI is InChI=1S/C16H10N2S2.2K/c1-9-7-10(2)14-13(8-9)20-16(18-14)15-17-11-5-3-4-6-12(11)19-15;;/h3-4,7-8H,1-2H3;;/q-2;2*+1. The van der Waals surface area contributed by atoms with Crippen molar-refractivity contribution in [3.63, 3.8) is 0 Å². The van der Waals surface area contributed by atoms with Crippen molar-refractivity contribution in [3.8, 4) is 10.0 Å². The third-order valence-electron chi connectivity index (χ3n) is 3.16. The second-order valence-corrected chi connectivity index (χ2v) is 6.80. The number of rotatable bonds is 1. The van der Waals surface area contributed by atoms with Crippen molar-refractivity contribution < 1.29 is 103 Å². The third kappa shape index (κ3) is 3.84. The van der Waals surface area contributed by atoms with E-state index >= 15 is 0 Å². The Morgan fingerprint density at radius 2 is 1.64 bits per heavy atom. The molecule has 2 nitrogen and oxygen atoms in total. The van der Waals surface area contributed by atoms with Crippen LogP contribution in [0.3, 0.4) is 0 Å². The van der Waals surface area contributed by atoms with Gasteiger partial charge in [0.05, 0.1) is 10.2 Å². The van der Waals surface area contributed by atoms with E-state index in [-0.39, 0.29) is 103 Å². The molecule has 0 aliphatic carbocycles. The van der Waals surface area contributed by atoms with Gasteiger partial charge in [0.1, 0.15) is 5.01 Å². The molecule has 0 radical (unpaired) electrons. The number of aromatic nitrogens is 2. The molecular formula is C16H10K2N2S2. The van der Waals surface area contributed by atoms with Crippen molar-refractivity contribution in [1.82, 2.24) is 9.97 Å². The van der Waals surface area contributed by atoms with Gasteiger partial charge in [-0.1, -0.05) is 6.07 Å². The Labute approximate surface area is 222 Å². The predicted molar refractivity (Wildman–Crippen MR) is 85.4 cm³/mol. The molecule has 0 bridgehead atoms. The zero-order valence-electron chi connectivity index (χ0n) is 13.0. The van der Waals surface area contributed by atoms with Gasteiger partial charge in [0, 0.05) is 0 Å². The first-order valence-corrected chi connectivity index (χ1v) is 7.91. The second kappa shape index (κ2) is 8.25. The minimum absolute atomic E-state index is 0. The van der Waals surface area contributed by atoms with Gasteiger partial charge in [0.15, 0.2) is 5.01 Å². The molecule has 4 aromatic rings. The van der Waals surface area contributed by atoms with Crippen LogP contribution in [0.1, 0.15) is 11.1 Å². The third-order valence-corrected chi connectivity index (χ3v) is 5.29. The molecule has 98 valence electrons. The Balaban J connectivity index is 0.000000882. The molecule has 0 saturated heterocycles. The van der Waals surface area contributed by atoms with Gasteiger partial charge in [-0.2, -0.15) is 4.70 Å². The number of benzene rings is 2. The van der Waals surface area contributed by atoms with Gasteiger partial charge in [-0.05, 0) is 31.0 Å². The van der Waals surface area contributed by atoms with Crippen LogP contribution in [0.15, 0.2) is 24.3 Å². The SMILES string of the molecule is Cc1cc(C)c2nc(-c3nc4[c-]cc[c-]c4s3)sc2c1.[K+].[K+]. The summed E-state index contributed by atoms with van der Waals surface area (Å²) < 4.78 is 2.26. The van der Waals surface area contributed by atoms with E-state index < -0.39 is 0 Å². The van der Waals surface area contributed by atoms with Crippen molar-refractivity contribution >= 4 is 43.1 Å². The second-order valence-electron chi connectivity index (χ2n) is 4.77. The summed E-state index contributed by atoms with van der Waals surface area (Å²) in [6.07, 6.45) is 0. The Hall–Kier alpha value is 1.49. The fraction of sp³-hybridized carbons (Fsp3) is 0.125. The largest absolute Gasteiger partial charge is 1.00 e. The van der Waals surface area contributed by atoms with Crippen LogP contribution in [0, 0.1) is 26.0 Å². The van der Waals surface area contributed by atoms with E-state index in [1.165, 1.54) is 15.8 Å². The van der Waals surface area contributed by atoms with Crippen LogP contribution in [-0.4, -0.2) is 9.97 Å². The predicted octanol–water partition coefficient (Wildman–Crippen LogP) is -1.20. The van der Waals surface area contributed by atoms with Crippen LogP contribution in [0.5, 0.6) is 0 Å². The summed E-state index contributed by atoms with van der Waals surface area (Å²) in [5.41, 5.74) is 4.46. The van der Waals surface area contributed by atoms with Crippen molar-refractivity contribution in [2.24, 2.45) is 0 Å². The molecule has 0 atom stereocenters. The fourth-order valence-corrected chi connectivity index (χ4v) is 4.38. The summed E-state index contributed by atoms with van der Waals surface area (Å²) in [4.78, 5) is 9.37. The molecular weight excluding hydrogens is 363 g/mol. The topological polar surface area (TPSA) is 25.8 Å². The zero-order valence-corrected chi connectivity index (χ0v) is 20.9. The molecule has 0 N–H and O–H groups in total. The molecule has 0 unspecified atom stereocenters. The van der Waals surface area contributed by atoms with Gasteiger partial charge in [0.25, 0.3) is 0 Å². The van der Waals surface area contributed by atoms with Crippen molar-refractivity contribution in [1.29, 1.82) is 0 Å². The summed E-state index contributed by atoms with van der Waals surface area (Å²) in [6.45, 7) is 4.23. The summed E-state index contributed by atoms with van der Waals surface area (Å²) in [5.74, 6) is 0. The van der Waals surface area contributed by atoms with Crippen molar-refractivity contribution in [2.75, 3.05) is 0 Å². The molecule has 6 heteroatoms. The number of aryl methyl sites for hydroxylation is 2. The van der Waals surface area contributed by atoms with Crippen molar-refractivity contribution in [2.45, 2.75) is 13.8 Å². The first kappa shape index (κ1) is 19.8. The quantitative estimate of drug-likeness (QED) is 0.310. The van der Waals surface area contributed by atoms with Crippen LogP contribution in [0.4, 0.5) is 0 Å². The minimum Gasteiger partial charge on any atom is -0.327 e. The number of fused-ring (bicyclic) bond motifs is 2. The maximum absolute atomic E-state index is 4.76. The maximum atomic E-state index is 4.76. The monoisotopic (exact) mass is 372 g/mol. The Morgan fingerprint density at radius 1 is 0.909 bits per heavy atom. The van der Waals surface area contributed by atoms with E-state index in [0.29, 0.717) is 0 Å². The van der Waals surface area contributed by atoms with Crippen molar-refractivity contribution in [3.05, 3.63) is 47.5 Å². The molecule has 0 aliphatic heterocycles. The average Bonchev–Trinajstić information content (AvgIpc) is 3.01. The number of hydrogen-bond donors (Lipinski definition) is 0. The van der Waals surface area contributed by atoms with Gasteiger partial charge in [0.2, 0.25) is 0 Å². The number of thiazole rings is 2. The molecule has 0 saturated carbocycles. The summed E-state index contributed by atoms with van der Waals surface area (Å²) in [5, 5.41) is 1.94. The maximum Gasteiger partial charge on any atom is 1.00 e. The van der Waals surface area contributed by atoms with Gasteiger partial charge in [-0.3, -0.25) is 24.3 Å². The van der Waals surface area contributed by atoms with E-state index in [9.17, 15) is 0 Å². The van der Waals surface area contributed by atoms with E-state index in [1.807, 2.05) is 12.1 Å². The normalized spacial score (nSPS) is 10.5.